The second-order valence-corrected chi connectivity index (χ2v) is 13.6. The van der Waals surface area contributed by atoms with Crippen molar-refractivity contribution in [3.63, 3.8) is 0 Å². The zero-order valence-corrected chi connectivity index (χ0v) is 28.6. The van der Waals surface area contributed by atoms with Gasteiger partial charge in [0, 0.05) is 57.9 Å². The highest BCUT2D eigenvalue weighted by molar-refractivity contribution is 7.87. The van der Waals surface area contributed by atoms with E-state index in [9.17, 15) is 22.8 Å². The van der Waals surface area contributed by atoms with Gasteiger partial charge in [-0.1, -0.05) is 60.2 Å². The van der Waals surface area contributed by atoms with Gasteiger partial charge in [0.15, 0.2) is 0 Å². The van der Waals surface area contributed by atoms with Gasteiger partial charge in [0.25, 0.3) is 5.91 Å². The minimum atomic E-state index is -4.04. The Morgan fingerprint density at radius 2 is 1.39 bits per heavy atom. The Morgan fingerprint density at radius 3 is 2.00 bits per heavy atom. The van der Waals surface area contributed by atoms with E-state index in [4.69, 9.17) is 8.92 Å². The van der Waals surface area contributed by atoms with Gasteiger partial charge in [-0.3, -0.25) is 9.59 Å². The minimum Gasteiger partial charge on any atom is -0.445 e. The number of alkyl carbamates (subject to hydrolysis) is 1. The van der Waals surface area contributed by atoms with E-state index in [1.807, 2.05) is 68.4 Å². The Bertz CT molecular complexity index is 1840. The monoisotopic (exact) mass is 684 g/mol. The lowest BCUT2D eigenvalue weighted by Crippen LogP contribution is -2.56. The van der Waals surface area contributed by atoms with E-state index in [0.29, 0.717) is 37.3 Å². The summed E-state index contributed by atoms with van der Waals surface area (Å²) < 4.78 is 36.2. The summed E-state index contributed by atoms with van der Waals surface area (Å²) in [4.78, 5) is 45.2. The van der Waals surface area contributed by atoms with E-state index in [-0.39, 0.29) is 35.5 Å². The number of nitrogens with one attached hydrogen (secondary N) is 1. The van der Waals surface area contributed by atoms with Gasteiger partial charge in [0.05, 0.1) is 0 Å². The third kappa shape index (κ3) is 9.38. The van der Waals surface area contributed by atoms with Gasteiger partial charge in [-0.2, -0.15) is 8.42 Å². The number of anilines is 1. The summed E-state index contributed by atoms with van der Waals surface area (Å²) in [6, 6.07) is 28.2. The molecule has 49 heavy (non-hydrogen) atoms. The van der Waals surface area contributed by atoms with Gasteiger partial charge in [-0.25, -0.2) is 4.79 Å². The van der Waals surface area contributed by atoms with E-state index >= 15 is 0 Å². The number of hydrogen-bond donors (Lipinski definition) is 1. The number of hydrogen-bond acceptors (Lipinski definition) is 8. The van der Waals surface area contributed by atoms with Crippen LogP contribution in [-0.2, 0) is 32.7 Å². The van der Waals surface area contributed by atoms with Gasteiger partial charge in [-0.15, -0.1) is 0 Å². The van der Waals surface area contributed by atoms with Crippen LogP contribution in [0.1, 0.15) is 27.0 Å². The van der Waals surface area contributed by atoms with Gasteiger partial charge < -0.3 is 28.9 Å². The smallest absolute Gasteiger partial charge is 0.408 e. The quantitative estimate of drug-likeness (QED) is 0.227. The van der Waals surface area contributed by atoms with Crippen LogP contribution in [0.3, 0.4) is 0 Å². The predicted molar refractivity (Wildman–Crippen MR) is 186 cm³/mol. The van der Waals surface area contributed by atoms with Crippen LogP contribution in [-0.4, -0.2) is 82.4 Å². The molecule has 1 fully saturated rings. The summed E-state index contributed by atoms with van der Waals surface area (Å²) in [5.74, 6) is -0.316. The second kappa shape index (κ2) is 15.7. The lowest BCUT2D eigenvalue weighted by atomic mass is 10.0. The molecule has 5 rings (SSSR count). The Hall–Kier alpha value is -5.36. The molecule has 0 aromatic heterocycles. The average molecular weight is 685 g/mol. The standard InChI is InChI=1S/C37H40N4O7S/c1-27-9-19-33(20-10-27)49(45,46)48-32-17-11-28(12-18-32)25-34(38-37(44)47-26-29-7-5-4-6-8-29)36(43)41-23-21-40(22-24-41)35(42)30-13-15-31(16-14-30)39(2)3/h4-20,34H,21-26H2,1-3H3,(H,38,44)/t34-/m0/s1. The molecule has 0 aliphatic carbocycles. The number of nitrogens with zero attached hydrogens (tertiary/aromatic N) is 3. The highest BCUT2D eigenvalue weighted by Gasteiger charge is 2.31. The van der Waals surface area contributed by atoms with E-state index in [1.165, 1.54) is 24.3 Å². The van der Waals surface area contributed by atoms with Crippen LogP contribution in [0, 0.1) is 6.92 Å². The summed E-state index contributed by atoms with van der Waals surface area (Å²) in [6.45, 7) is 3.16. The van der Waals surface area contributed by atoms with Crippen LogP contribution in [0.2, 0.25) is 0 Å². The summed E-state index contributed by atoms with van der Waals surface area (Å²) in [7, 11) is -0.172. The zero-order valence-electron chi connectivity index (χ0n) is 27.7. The Kier molecular flexibility index (Phi) is 11.2. The van der Waals surface area contributed by atoms with Crippen LogP contribution in [0.25, 0.3) is 0 Å². The Labute approximate surface area is 287 Å². The molecule has 1 saturated heterocycles. The molecular weight excluding hydrogens is 644 g/mol. The zero-order chi connectivity index (χ0) is 35.0. The molecule has 1 N–H and O–H groups in total. The number of ether oxygens (including phenoxy) is 1. The van der Waals surface area contributed by atoms with Crippen molar-refractivity contribution in [1.82, 2.24) is 15.1 Å². The highest BCUT2D eigenvalue weighted by Crippen LogP contribution is 2.21. The molecule has 256 valence electrons. The maximum Gasteiger partial charge on any atom is 0.408 e. The summed E-state index contributed by atoms with van der Waals surface area (Å²) >= 11 is 0. The van der Waals surface area contributed by atoms with Crippen molar-refractivity contribution in [3.8, 4) is 5.75 Å². The molecule has 0 radical (unpaired) electrons. The number of rotatable bonds is 11. The van der Waals surface area contributed by atoms with Crippen LogP contribution in [0.15, 0.2) is 108 Å². The predicted octanol–water partition coefficient (Wildman–Crippen LogP) is 4.65. The van der Waals surface area contributed by atoms with Gasteiger partial charge >= 0.3 is 16.2 Å². The Balaban J connectivity index is 1.24. The van der Waals surface area contributed by atoms with Crippen molar-refractivity contribution in [2.24, 2.45) is 0 Å². The van der Waals surface area contributed by atoms with Crippen LogP contribution in [0.5, 0.6) is 5.75 Å². The molecule has 0 spiro atoms. The highest BCUT2D eigenvalue weighted by atomic mass is 32.2. The fourth-order valence-electron chi connectivity index (χ4n) is 5.34. The fraction of sp³-hybridized carbons (Fsp3) is 0.270. The molecule has 0 bridgehead atoms. The number of amides is 3. The maximum absolute atomic E-state index is 13.8. The average Bonchev–Trinajstić information content (AvgIpc) is 3.11. The van der Waals surface area contributed by atoms with Crippen molar-refractivity contribution < 1.29 is 31.7 Å². The number of piperazine rings is 1. The van der Waals surface area contributed by atoms with E-state index < -0.39 is 22.3 Å². The van der Waals surface area contributed by atoms with Crippen molar-refractivity contribution in [3.05, 3.63) is 125 Å². The first-order chi connectivity index (χ1) is 23.5. The molecule has 1 aliphatic heterocycles. The first-order valence-electron chi connectivity index (χ1n) is 15.9. The minimum absolute atomic E-state index is 0.0331. The van der Waals surface area contributed by atoms with Crippen LogP contribution in [0.4, 0.5) is 10.5 Å². The SMILES string of the molecule is Cc1ccc(S(=O)(=O)Oc2ccc(C[C@H](NC(=O)OCc3ccccc3)C(=O)N3CCN(C(=O)c4ccc(N(C)C)cc4)CC3)cc2)cc1. The van der Waals surface area contributed by atoms with E-state index in [1.54, 1.807) is 46.2 Å². The molecule has 0 saturated carbocycles. The molecule has 1 heterocycles. The second-order valence-electron chi connectivity index (χ2n) is 12.0. The normalized spacial score (nSPS) is 13.7. The first-order valence-corrected chi connectivity index (χ1v) is 17.3. The van der Waals surface area contributed by atoms with Crippen molar-refractivity contribution in [2.45, 2.75) is 30.9 Å². The number of carbonyl (C=O) groups is 3. The summed E-state index contributed by atoms with van der Waals surface area (Å²) in [6.07, 6.45) is -0.636. The lowest BCUT2D eigenvalue weighted by molar-refractivity contribution is -0.134. The number of benzene rings is 4. The van der Waals surface area contributed by atoms with Gasteiger partial charge in [-0.05, 0) is 66.6 Å². The van der Waals surface area contributed by atoms with Crippen molar-refractivity contribution >= 4 is 33.7 Å². The molecular formula is C37H40N4O7S. The molecule has 11 nitrogen and oxygen atoms in total. The van der Waals surface area contributed by atoms with Crippen molar-refractivity contribution in [1.29, 1.82) is 0 Å². The fourth-order valence-corrected chi connectivity index (χ4v) is 6.27. The largest absolute Gasteiger partial charge is 0.445 e. The first kappa shape index (κ1) is 35.0. The molecule has 12 heteroatoms. The van der Waals surface area contributed by atoms with E-state index in [0.717, 1.165) is 16.8 Å². The number of aryl methyl sites for hydroxylation is 1. The van der Waals surface area contributed by atoms with Crippen molar-refractivity contribution in [2.75, 3.05) is 45.2 Å². The Morgan fingerprint density at radius 1 is 0.776 bits per heavy atom. The van der Waals surface area contributed by atoms with Gasteiger partial charge in [0.1, 0.15) is 23.3 Å². The lowest BCUT2D eigenvalue weighted by Gasteiger charge is -2.36. The molecule has 3 amide bonds. The number of carbonyl (C=O) groups excluding carboxylic acids is 3. The molecule has 4 aromatic rings. The van der Waals surface area contributed by atoms with Crippen LogP contribution < -0.4 is 14.4 Å². The van der Waals surface area contributed by atoms with E-state index in [2.05, 4.69) is 5.32 Å². The maximum atomic E-state index is 13.8. The topological polar surface area (TPSA) is 126 Å². The molecule has 1 aliphatic rings. The molecule has 4 aromatic carbocycles. The summed E-state index contributed by atoms with van der Waals surface area (Å²) in [5, 5.41) is 2.72. The summed E-state index contributed by atoms with van der Waals surface area (Å²) in [5.41, 5.74) is 3.95. The third-order valence-corrected chi connectivity index (χ3v) is 9.45. The molecule has 0 unspecified atom stereocenters. The molecule has 1 atom stereocenters. The van der Waals surface area contributed by atoms with Gasteiger partial charge in [0.2, 0.25) is 5.91 Å². The van der Waals surface area contributed by atoms with Crippen LogP contribution >= 0.6 is 0 Å². The third-order valence-electron chi connectivity index (χ3n) is 8.19.